The first-order valence-corrected chi connectivity index (χ1v) is 5.80. The van der Waals surface area contributed by atoms with Crippen LogP contribution in [0.15, 0.2) is 42.5 Å². The highest BCUT2D eigenvalue weighted by molar-refractivity contribution is 5.88. The van der Waals surface area contributed by atoms with E-state index in [1.54, 1.807) is 6.92 Å². The molecule has 2 nitrogen and oxygen atoms in total. The quantitative estimate of drug-likeness (QED) is 0.799. The van der Waals surface area contributed by atoms with E-state index in [2.05, 4.69) is 12.1 Å². The molecule has 17 heavy (non-hydrogen) atoms. The summed E-state index contributed by atoms with van der Waals surface area (Å²) in [5.74, 6) is 0.995. The fraction of sp³-hybridized carbons (Fsp3) is 0.267. The summed E-state index contributed by atoms with van der Waals surface area (Å²) in [5, 5.41) is 2.24. The third kappa shape index (κ3) is 2.84. The predicted octanol–water partition coefficient (Wildman–Crippen LogP) is 3.59. The minimum absolute atomic E-state index is 0.0849. The largest absolute Gasteiger partial charge is 0.490 e. The van der Waals surface area contributed by atoms with Gasteiger partial charge in [0.1, 0.15) is 17.6 Å². The van der Waals surface area contributed by atoms with Crippen LogP contribution in [-0.2, 0) is 4.79 Å². The van der Waals surface area contributed by atoms with Gasteiger partial charge in [-0.2, -0.15) is 0 Å². The summed E-state index contributed by atoms with van der Waals surface area (Å²) < 4.78 is 5.82. The van der Waals surface area contributed by atoms with Crippen LogP contribution < -0.4 is 4.74 Å². The van der Waals surface area contributed by atoms with Gasteiger partial charge >= 0.3 is 0 Å². The van der Waals surface area contributed by atoms with Gasteiger partial charge in [0.2, 0.25) is 0 Å². The molecular formula is C15H16O2. The van der Waals surface area contributed by atoms with Crippen LogP contribution in [0.5, 0.6) is 5.75 Å². The van der Waals surface area contributed by atoms with Crippen molar-refractivity contribution in [2.75, 3.05) is 0 Å². The third-order valence-corrected chi connectivity index (χ3v) is 2.65. The van der Waals surface area contributed by atoms with Gasteiger partial charge in [0.25, 0.3) is 0 Å². The number of rotatable bonds is 4. The van der Waals surface area contributed by atoms with E-state index in [-0.39, 0.29) is 11.9 Å². The van der Waals surface area contributed by atoms with Crippen molar-refractivity contribution < 1.29 is 9.53 Å². The molecule has 0 N–H and O–H groups in total. The summed E-state index contributed by atoms with van der Waals surface area (Å²) in [4.78, 5) is 11.0. The summed E-state index contributed by atoms with van der Waals surface area (Å²) in [6.45, 7) is 3.51. The number of hydrogen-bond donors (Lipinski definition) is 0. The highest BCUT2D eigenvalue weighted by atomic mass is 16.5. The van der Waals surface area contributed by atoms with Crippen molar-refractivity contribution in [1.29, 1.82) is 0 Å². The second-order valence-electron chi connectivity index (χ2n) is 4.31. The Bertz CT molecular complexity index is 526. The van der Waals surface area contributed by atoms with E-state index >= 15 is 0 Å². The molecule has 0 aliphatic heterocycles. The first-order valence-electron chi connectivity index (χ1n) is 5.80. The van der Waals surface area contributed by atoms with Crippen LogP contribution in [0.2, 0.25) is 0 Å². The smallest absolute Gasteiger partial charge is 0.133 e. The van der Waals surface area contributed by atoms with E-state index in [0.717, 1.165) is 16.5 Å². The molecule has 0 saturated heterocycles. The monoisotopic (exact) mass is 228 g/mol. The van der Waals surface area contributed by atoms with Crippen LogP contribution in [0.3, 0.4) is 0 Å². The van der Waals surface area contributed by atoms with Gasteiger partial charge in [-0.25, -0.2) is 0 Å². The molecule has 0 heterocycles. The Balaban J connectivity index is 2.26. The lowest BCUT2D eigenvalue weighted by atomic mass is 10.1. The standard InChI is InChI=1S/C15H16O2/c1-11(16)10-12(2)17-15-9-5-7-13-6-3-4-8-14(13)15/h3-9,12H,10H2,1-2H3. The topological polar surface area (TPSA) is 26.3 Å². The maximum absolute atomic E-state index is 11.0. The number of carbonyl (C=O) groups excluding carboxylic acids is 1. The van der Waals surface area contributed by atoms with Crippen molar-refractivity contribution in [2.45, 2.75) is 26.4 Å². The Morgan fingerprint density at radius 1 is 1.18 bits per heavy atom. The molecule has 0 aliphatic carbocycles. The van der Waals surface area contributed by atoms with Crippen molar-refractivity contribution in [3.63, 3.8) is 0 Å². The molecule has 0 fully saturated rings. The second kappa shape index (κ2) is 5.00. The van der Waals surface area contributed by atoms with Crippen LogP contribution in [0, 0.1) is 0 Å². The van der Waals surface area contributed by atoms with Crippen molar-refractivity contribution >= 4 is 16.6 Å². The number of ketones is 1. The summed E-state index contributed by atoms with van der Waals surface area (Å²) in [5.41, 5.74) is 0. The lowest BCUT2D eigenvalue weighted by Crippen LogP contribution is -2.15. The molecular weight excluding hydrogens is 212 g/mol. The van der Waals surface area contributed by atoms with E-state index in [9.17, 15) is 4.79 Å². The molecule has 0 spiro atoms. The zero-order valence-corrected chi connectivity index (χ0v) is 10.1. The average Bonchev–Trinajstić information content (AvgIpc) is 2.28. The molecule has 0 bridgehead atoms. The van der Waals surface area contributed by atoms with Crippen molar-refractivity contribution in [3.05, 3.63) is 42.5 Å². The van der Waals surface area contributed by atoms with Crippen LogP contribution in [-0.4, -0.2) is 11.9 Å². The Morgan fingerprint density at radius 2 is 1.88 bits per heavy atom. The summed E-state index contributed by atoms with van der Waals surface area (Å²) >= 11 is 0. The number of carbonyl (C=O) groups is 1. The van der Waals surface area contributed by atoms with Crippen molar-refractivity contribution in [2.24, 2.45) is 0 Å². The Morgan fingerprint density at radius 3 is 2.65 bits per heavy atom. The van der Waals surface area contributed by atoms with Gasteiger partial charge < -0.3 is 4.74 Å². The molecule has 1 atom stereocenters. The van der Waals surface area contributed by atoms with E-state index < -0.39 is 0 Å². The molecule has 2 rings (SSSR count). The van der Waals surface area contributed by atoms with E-state index in [1.807, 2.05) is 37.3 Å². The maximum Gasteiger partial charge on any atom is 0.133 e. The van der Waals surface area contributed by atoms with Crippen molar-refractivity contribution in [3.8, 4) is 5.75 Å². The molecule has 1 unspecified atom stereocenters. The van der Waals surface area contributed by atoms with E-state index in [1.165, 1.54) is 0 Å². The van der Waals surface area contributed by atoms with Gasteiger partial charge in [-0.1, -0.05) is 36.4 Å². The van der Waals surface area contributed by atoms with Crippen LogP contribution >= 0.6 is 0 Å². The zero-order valence-electron chi connectivity index (χ0n) is 10.1. The minimum atomic E-state index is -0.0849. The first-order chi connectivity index (χ1) is 8.16. The normalized spacial score (nSPS) is 12.4. The number of fused-ring (bicyclic) bond motifs is 1. The third-order valence-electron chi connectivity index (χ3n) is 2.65. The number of ether oxygens (including phenoxy) is 1. The summed E-state index contributed by atoms with van der Waals surface area (Å²) in [6.07, 6.45) is 0.363. The Kier molecular flexibility index (Phi) is 3.43. The lowest BCUT2D eigenvalue weighted by Gasteiger charge is -2.15. The van der Waals surface area contributed by atoms with Gasteiger partial charge in [-0.05, 0) is 25.3 Å². The Labute approximate surface area is 101 Å². The highest BCUT2D eigenvalue weighted by Crippen LogP contribution is 2.26. The van der Waals surface area contributed by atoms with E-state index in [0.29, 0.717) is 6.42 Å². The first kappa shape index (κ1) is 11.6. The number of hydrogen-bond acceptors (Lipinski definition) is 2. The second-order valence-corrected chi connectivity index (χ2v) is 4.31. The van der Waals surface area contributed by atoms with Crippen LogP contribution in [0.1, 0.15) is 20.3 Å². The van der Waals surface area contributed by atoms with Gasteiger partial charge in [0.05, 0.1) is 0 Å². The Hall–Kier alpha value is -1.83. The summed E-state index contributed by atoms with van der Waals surface area (Å²) in [6, 6.07) is 14.0. The molecule has 0 aliphatic rings. The predicted molar refractivity (Wildman–Crippen MR) is 69.3 cm³/mol. The van der Waals surface area contributed by atoms with Gasteiger partial charge in [-0.3, -0.25) is 4.79 Å². The number of benzene rings is 2. The van der Waals surface area contributed by atoms with Crippen LogP contribution in [0.25, 0.3) is 10.8 Å². The molecule has 0 radical (unpaired) electrons. The fourth-order valence-corrected chi connectivity index (χ4v) is 1.96. The van der Waals surface area contributed by atoms with Gasteiger partial charge in [0, 0.05) is 11.8 Å². The zero-order chi connectivity index (χ0) is 12.3. The molecule has 2 heteroatoms. The van der Waals surface area contributed by atoms with E-state index in [4.69, 9.17) is 4.74 Å². The van der Waals surface area contributed by atoms with Crippen molar-refractivity contribution in [1.82, 2.24) is 0 Å². The fourth-order valence-electron chi connectivity index (χ4n) is 1.96. The molecule has 2 aromatic carbocycles. The maximum atomic E-state index is 11.0. The van der Waals surface area contributed by atoms with Gasteiger partial charge in [-0.15, -0.1) is 0 Å². The minimum Gasteiger partial charge on any atom is -0.490 e. The lowest BCUT2D eigenvalue weighted by molar-refractivity contribution is -0.118. The number of Topliss-reactive ketones (excluding diaryl/α,β-unsaturated/α-hetero) is 1. The molecule has 88 valence electrons. The van der Waals surface area contributed by atoms with Crippen LogP contribution in [0.4, 0.5) is 0 Å². The summed E-state index contributed by atoms with van der Waals surface area (Å²) in [7, 11) is 0. The molecule has 0 saturated carbocycles. The van der Waals surface area contributed by atoms with Gasteiger partial charge in [0.15, 0.2) is 0 Å². The molecule has 2 aromatic rings. The highest BCUT2D eigenvalue weighted by Gasteiger charge is 2.08. The SMILES string of the molecule is CC(=O)CC(C)Oc1cccc2ccccc12. The molecule has 0 aromatic heterocycles. The average molecular weight is 228 g/mol. The molecule has 0 amide bonds.